The van der Waals surface area contributed by atoms with Crippen molar-refractivity contribution in [1.29, 1.82) is 0 Å². The van der Waals surface area contributed by atoms with E-state index in [0.29, 0.717) is 12.2 Å². The minimum Gasteiger partial charge on any atom is -0.384 e. The van der Waals surface area contributed by atoms with Crippen molar-refractivity contribution in [1.82, 2.24) is 5.32 Å². The van der Waals surface area contributed by atoms with E-state index >= 15 is 0 Å². The molecule has 0 saturated heterocycles. The van der Waals surface area contributed by atoms with Crippen molar-refractivity contribution in [2.24, 2.45) is 0 Å². The molecule has 2 heteroatoms. The molecule has 1 N–H and O–H groups in total. The summed E-state index contributed by atoms with van der Waals surface area (Å²) in [6.45, 7) is 2.10. The summed E-state index contributed by atoms with van der Waals surface area (Å²) in [5, 5.41) is 3.29. The summed E-state index contributed by atoms with van der Waals surface area (Å²) in [6.07, 6.45) is 4.54. The van der Waals surface area contributed by atoms with Gasteiger partial charge in [-0.2, -0.15) is 0 Å². The molecule has 1 aliphatic rings. The van der Waals surface area contributed by atoms with Gasteiger partial charge >= 0.3 is 0 Å². The molecular weight excluding hydrogens is 198 g/mol. The van der Waals surface area contributed by atoms with Crippen LogP contribution in [0.2, 0.25) is 0 Å². The van der Waals surface area contributed by atoms with E-state index in [2.05, 4.69) is 24.4 Å². The molecule has 0 radical (unpaired) electrons. The largest absolute Gasteiger partial charge is 0.384 e. The minimum atomic E-state index is 0.252. The second kappa shape index (κ2) is 4.97. The fourth-order valence-corrected chi connectivity index (χ4v) is 1.96. The van der Waals surface area contributed by atoms with Gasteiger partial charge in [0.2, 0.25) is 0 Å². The van der Waals surface area contributed by atoms with Crippen molar-refractivity contribution in [2.45, 2.75) is 32.2 Å². The van der Waals surface area contributed by atoms with Crippen LogP contribution in [-0.2, 0) is 4.79 Å². The third-order valence-corrected chi connectivity index (χ3v) is 3.02. The molecule has 16 heavy (non-hydrogen) atoms. The van der Waals surface area contributed by atoms with Crippen molar-refractivity contribution >= 4 is 5.78 Å². The predicted molar refractivity (Wildman–Crippen MR) is 64.9 cm³/mol. The fraction of sp³-hybridized carbons (Fsp3) is 0.357. The minimum absolute atomic E-state index is 0.252. The first-order chi connectivity index (χ1) is 7.77. The Balaban J connectivity index is 1.98. The molecule has 0 aromatic heterocycles. The van der Waals surface area contributed by atoms with E-state index in [9.17, 15) is 4.79 Å². The van der Waals surface area contributed by atoms with Crippen LogP contribution in [0.15, 0.2) is 42.1 Å². The summed E-state index contributed by atoms with van der Waals surface area (Å²) >= 11 is 0. The Kier molecular flexibility index (Phi) is 3.40. The molecule has 0 unspecified atom stereocenters. The summed E-state index contributed by atoms with van der Waals surface area (Å²) in [4.78, 5) is 11.4. The van der Waals surface area contributed by atoms with Gasteiger partial charge in [0.1, 0.15) is 0 Å². The van der Waals surface area contributed by atoms with E-state index < -0.39 is 0 Å². The van der Waals surface area contributed by atoms with E-state index in [1.54, 1.807) is 0 Å². The number of carbonyl (C=O) groups excluding carboxylic acids is 1. The number of hydrogen-bond donors (Lipinski definition) is 1. The molecule has 1 aromatic carbocycles. The molecule has 1 atom stereocenters. The van der Waals surface area contributed by atoms with Gasteiger partial charge in [0.15, 0.2) is 5.78 Å². The van der Waals surface area contributed by atoms with Crippen LogP contribution in [0.5, 0.6) is 0 Å². The van der Waals surface area contributed by atoms with E-state index in [4.69, 9.17) is 0 Å². The van der Waals surface area contributed by atoms with Gasteiger partial charge in [0.05, 0.1) is 0 Å². The van der Waals surface area contributed by atoms with E-state index in [0.717, 1.165) is 18.4 Å². The summed E-state index contributed by atoms with van der Waals surface area (Å²) in [6, 6.07) is 10.5. The summed E-state index contributed by atoms with van der Waals surface area (Å²) in [5.74, 6) is 0.299. The number of allylic oxidation sites excluding steroid dienone is 1. The molecule has 0 heterocycles. The average molecular weight is 215 g/mol. The first-order valence-electron chi connectivity index (χ1n) is 5.80. The summed E-state index contributed by atoms with van der Waals surface area (Å²) in [7, 11) is 0. The molecule has 1 fully saturated rings. The maximum atomic E-state index is 11.4. The smallest absolute Gasteiger partial charge is 0.160 e. The number of Topliss-reactive ketones (excluding diaryl/α,β-unsaturated/α-hetero) is 1. The zero-order valence-electron chi connectivity index (χ0n) is 9.57. The normalized spacial score (nSPS) is 20.1. The maximum Gasteiger partial charge on any atom is 0.160 e. The van der Waals surface area contributed by atoms with Gasteiger partial charge in [-0.3, -0.25) is 4.79 Å². The van der Waals surface area contributed by atoms with E-state index in [1.165, 1.54) is 5.56 Å². The monoisotopic (exact) mass is 215 g/mol. The third-order valence-electron chi connectivity index (χ3n) is 3.02. The average Bonchev–Trinajstić information content (AvgIpc) is 2.73. The van der Waals surface area contributed by atoms with Gasteiger partial charge in [0.25, 0.3) is 0 Å². The Morgan fingerprint density at radius 1 is 1.25 bits per heavy atom. The van der Waals surface area contributed by atoms with Crippen LogP contribution in [0.3, 0.4) is 0 Å². The SMILES string of the molecule is C[C@H](NC=C1CCCC1=O)c1ccccc1. The molecule has 1 saturated carbocycles. The first kappa shape index (κ1) is 10.9. The van der Waals surface area contributed by atoms with Crippen molar-refractivity contribution in [2.75, 3.05) is 0 Å². The second-order valence-corrected chi connectivity index (χ2v) is 4.25. The van der Waals surface area contributed by atoms with Crippen molar-refractivity contribution < 1.29 is 4.79 Å². The summed E-state index contributed by atoms with van der Waals surface area (Å²) in [5.41, 5.74) is 2.19. The standard InChI is InChI=1S/C14H17NO/c1-11(12-6-3-2-4-7-12)15-10-13-8-5-9-14(13)16/h2-4,6-7,10-11,15H,5,8-9H2,1H3/t11-/m0/s1. The third kappa shape index (κ3) is 2.51. The fourth-order valence-electron chi connectivity index (χ4n) is 1.96. The highest BCUT2D eigenvalue weighted by Crippen LogP contribution is 2.20. The summed E-state index contributed by atoms with van der Waals surface area (Å²) < 4.78 is 0. The molecular formula is C14H17NO. The van der Waals surface area contributed by atoms with Crippen LogP contribution in [0, 0.1) is 0 Å². The predicted octanol–water partition coefficient (Wildman–Crippen LogP) is 2.97. The van der Waals surface area contributed by atoms with E-state index in [1.807, 2.05) is 24.4 Å². The highest BCUT2D eigenvalue weighted by atomic mass is 16.1. The van der Waals surface area contributed by atoms with Gasteiger partial charge < -0.3 is 5.32 Å². The molecule has 0 amide bonds. The van der Waals surface area contributed by atoms with Crippen LogP contribution < -0.4 is 5.32 Å². The van der Waals surface area contributed by atoms with Crippen molar-refractivity contribution in [3.05, 3.63) is 47.7 Å². The topological polar surface area (TPSA) is 29.1 Å². The maximum absolute atomic E-state index is 11.4. The Morgan fingerprint density at radius 3 is 2.62 bits per heavy atom. The molecule has 1 aromatic rings. The molecule has 2 nitrogen and oxygen atoms in total. The Morgan fingerprint density at radius 2 is 2.00 bits per heavy atom. The second-order valence-electron chi connectivity index (χ2n) is 4.25. The molecule has 84 valence electrons. The Hall–Kier alpha value is -1.57. The number of ketones is 1. The van der Waals surface area contributed by atoms with Crippen LogP contribution in [0.25, 0.3) is 0 Å². The molecule has 0 aliphatic heterocycles. The van der Waals surface area contributed by atoms with Crippen LogP contribution in [0.1, 0.15) is 37.8 Å². The van der Waals surface area contributed by atoms with E-state index in [-0.39, 0.29) is 6.04 Å². The number of benzene rings is 1. The quantitative estimate of drug-likeness (QED) is 0.785. The highest BCUT2D eigenvalue weighted by Gasteiger charge is 2.16. The van der Waals surface area contributed by atoms with Crippen LogP contribution in [0.4, 0.5) is 0 Å². The molecule has 0 bridgehead atoms. The molecule has 2 rings (SSSR count). The van der Waals surface area contributed by atoms with Crippen molar-refractivity contribution in [3.63, 3.8) is 0 Å². The lowest BCUT2D eigenvalue weighted by atomic mass is 10.1. The zero-order valence-corrected chi connectivity index (χ0v) is 9.57. The zero-order chi connectivity index (χ0) is 11.4. The van der Waals surface area contributed by atoms with Gasteiger partial charge in [0, 0.05) is 24.2 Å². The van der Waals surface area contributed by atoms with Gasteiger partial charge in [-0.25, -0.2) is 0 Å². The van der Waals surface area contributed by atoms with Crippen LogP contribution >= 0.6 is 0 Å². The molecule has 0 spiro atoms. The first-order valence-corrected chi connectivity index (χ1v) is 5.80. The Labute approximate surface area is 96.4 Å². The molecule has 1 aliphatic carbocycles. The number of nitrogens with one attached hydrogen (secondary N) is 1. The van der Waals surface area contributed by atoms with Gasteiger partial charge in [-0.1, -0.05) is 30.3 Å². The van der Waals surface area contributed by atoms with Crippen molar-refractivity contribution in [3.8, 4) is 0 Å². The number of carbonyl (C=O) groups is 1. The van der Waals surface area contributed by atoms with Gasteiger partial charge in [-0.15, -0.1) is 0 Å². The highest BCUT2D eigenvalue weighted by molar-refractivity contribution is 5.97. The lowest BCUT2D eigenvalue weighted by molar-refractivity contribution is -0.114. The number of rotatable bonds is 3. The van der Waals surface area contributed by atoms with Gasteiger partial charge in [-0.05, 0) is 25.3 Å². The Bertz CT molecular complexity index is 394. The van der Waals surface area contributed by atoms with Crippen LogP contribution in [-0.4, -0.2) is 5.78 Å². The lowest BCUT2D eigenvalue weighted by Gasteiger charge is -2.12. The lowest BCUT2D eigenvalue weighted by Crippen LogP contribution is -2.13. The number of hydrogen-bond acceptors (Lipinski definition) is 2.